The van der Waals surface area contributed by atoms with E-state index in [1.807, 2.05) is 4.90 Å². The van der Waals surface area contributed by atoms with Crippen LogP contribution in [-0.2, 0) is 0 Å². The predicted octanol–water partition coefficient (Wildman–Crippen LogP) is 0.134. The van der Waals surface area contributed by atoms with E-state index in [4.69, 9.17) is 10.4 Å². The summed E-state index contributed by atoms with van der Waals surface area (Å²) in [5, 5.41) is 17.7. The number of aliphatic hydroxyl groups is 1. The van der Waals surface area contributed by atoms with Crippen LogP contribution in [0.5, 0.6) is 0 Å². The van der Waals surface area contributed by atoms with Crippen LogP contribution in [0.4, 0.5) is 5.82 Å². The third kappa shape index (κ3) is 1.46. The Labute approximate surface area is 76.1 Å². The SMILES string of the molecule is N#Cc1ccnc(N2CC(O)C2)c1. The number of aromatic nitrogens is 1. The molecular formula is C9H9N3O. The minimum absolute atomic E-state index is 0.243. The number of nitriles is 1. The molecule has 0 atom stereocenters. The third-order valence-corrected chi connectivity index (χ3v) is 2.06. The van der Waals surface area contributed by atoms with E-state index >= 15 is 0 Å². The van der Waals surface area contributed by atoms with Gasteiger partial charge < -0.3 is 10.0 Å². The van der Waals surface area contributed by atoms with Crippen molar-refractivity contribution in [2.75, 3.05) is 18.0 Å². The Balaban J connectivity index is 2.18. The molecule has 0 aliphatic carbocycles. The number of aliphatic hydroxyl groups excluding tert-OH is 1. The number of anilines is 1. The smallest absolute Gasteiger partial charge is 0.129 e. The third-order valence-electron chi connectivity index (χ3n) is 2.06. The molecule has 1 aliphatic rings. The lowest BCUT2D eigenvalue weighted by Crippen LogP contribution is -2.51. The number of β-amino-alcohol motifs (C(OH)–C–C–N with tert-alkyl or cyclic N) is 1. The first-order valence-electron chi connectivity index (χ1n) is 4.09. The molecule has 66 valence electrons. The summed E-state index contributed by atoms with van der Waals surface area (Å²) >= 11 is 0. The van der Waals surface area contributed by atoms with Gasteiger partial charge in [0, 0.05) is 19.3 Å². The zero-order chi connectivity index (χ0) is 9.26. The first kappa shape index (κ1) is 8.02. The van der Waals surface area contributed by atoms with E-state index in [0.29, 0.717) is 18.7 Å². The summed E-state index contributed by atoms with van der Waals surface area (Å²) in [6.45, 7) is 1.23. The normalized spacial score (nSPS) is 16.5. The van der Waals surface area contributed by atoms with Gasteiger partial charge in [-0.15, -0.1) is 0 Å². The monoisotopic (exact) mass is 175 g/mol. The van der Waals surface area contributed by atoms with Gasteiger partial charge >= 0.3 is 0 Å². The van der Waals surface area contributed by atoms with Crippen LogP contribution in [-0.4, -0.2) is 29.3 Å². The van der Waals surface area contributed by atoms with E-state index < -0.39 is 0 Å². The first-order chi connectivity index (χ1) is 6.29. The molecule has 0 aromatic carbocycles. The molecule has 4 heteroatoms. The Morgan fingerprint density at radius 2 is 2.38 bits per heavy atom. The van der Waals surface area contributed by atoms with Crippen LogP contribution in [0.15, 0.2) is 18.3 Å². The molecule has 0 bridgehead atoms. The molecule has 0 radical (unpaired) electrons. The second-order valence-electron chi connectivity index (χ2n) is 3.07. The van der Waals surface area contributed by atoms with Crippen molar-refractivity contribution in [1.29, 1.82) is 5.26 Å². The molecule has 0 amide bonds. The molecule has 0 saturated carbocycles. The lowest BCUT2D eigenvalue weighted by Gasteiger charge is -2.36. The molecule has 1 saturated heterocycles. The van der Waals surface area contributed by atoms with Crippen LogP contribution in [0.2, 0.25) is 0 Å². The highest BCUT2D eigenvalue weighted by Gasteiger charge is 2.25. The van der Waals surface area contributed by atoms with Crippen molar-refractivity contribution in [1.82, 2.24) is 4.98 Å². The highest BCUT2D eigenvalue weighted by atomic mass is 16.3. The molecular weight excluding hydrogens is 166 g/mol. The Morgan fingerprint density at radius 1 is 1.62 bits per heavy atom. The van der Waals surface area contributed by atoms with Crippen molar-refractivity contribution >= 4 is 5.82 Å². The maximum Gasteiger partial charge on any atom is 0.129 e. The highest BCUT2D eigenvalue weighted by Crippen LogP contribution is 2.18. The maximum atomic E-state index is 9.07. The van der Waals surface area contributed by atoms with E-state index in [1.54, 1.807) is 18.3 Å². The van der Waals surface area contributed by atoms with Crippen LogP contribution in [0.3, 0.4) is 0 Å². The number of pyridine rings is 1. The topological polar surface area (TPSA) is 60.2 Å². The second-order valence-corrected chi connectivity index (χ2v) is 3.07. The van der Waals surface area contributed by atoms with E-state index in [9.17, 15) is 0 Å². The van der Waals surface area contributed by atoms with Gasteiger partial charge in [0.1, 0.15) is 5.82 Å². The Bertz CT molecular complexity index is 352. The summed E-state index contributed by atoms with van der Waals surface area (Å²) in [6, 6.07) is 5.45. The molecule has 1 aromatic rings. The summed E-state index contributed by atoms with van der Waals surface area (Å²) in [5.41, 5.74) is 0.603. The molecule has 1 aromatic heterocycles. The number of rotatable bonds is 1. The fraction of sp³-hybridized carbons (Fsp3) is 0.333. The van der Waals surface area contributed by atoms with E-state index in [1.165, 1.54) is 0 Å². The van der Waals surface area contributed by atoms with Crippen LogP contribution >= 0.6 is 0 Å². The maximum absolute atomic E-state index is 9.07. The summed E-state index contributed by atoms with van der Waals surface area (Å²) < 4.78 is 0. The second kappa shape index (κ2) is 3.04. The molecule has 2 rings (SSSR count). The summed E-state index contributed by atoms with van der Waals surface area (Å²) in [5.74, 6) is 0.768. The van der Waals surface area contributed by atoms with E-state index in [0.717, 1.165) is 5.82 Å². The minimum Gasteiger partial charge on any atom is -0.389 e. The minimum atomic E-state index is -0.243. The van der Waals surface area contributed by atoms with E-state index in [2.05, 4.69) is 11.1 Å². The van der Waals surface area contributed by atoms with Crippen molar-refractivity contribution in [3.05, 3.63) is 23.9 Å². The summed E-state index contributed by atoms with van der Waals surface area (Å²) in [4.78, 5) is 6.04. The average molecular weight is 175 g/mol. The number of hydrogen-bond acceptors (Lipinski definition) is 4. The summed E-state index contributed by atoms with van der Waals surface area (Å²) in [7, 11) is 0. The van der Waals surface area contributed by atoms with Crippen molar-refractivity contribution in [3.63, 3.8) is 0 Å². The molecule has 0 unspecified atom stereocenters. The van der Waals surface area contributed by atoms with Crippen LogP contribution in [0, 0.1) is 11.3 Å². The van der Waals surface area contributed by atoms with Crippen LogP contribution in [0.25, 0.3) is 0 Å². The Morgan fingerprint density at radius 3 is 3.00 bits per heavy atom. The van der Waals surface area contributed by atoms with E-state index in [-0.39, 0.29) is 6.10 Å². The molecule has 13 heavy (non-hydrogen) atoms. The zero-order valence-electron chi connectivity index (χ0n) is 7.01. The molecule has 1 N–H and O–H groups in total. The summed E-state index contributed by atoms with van der Waals surface area (Å²) in [6.07, 6.45) is 1.37. The van der Waals surface area contributed by atoms with Gasteiger partial charge in [0.2, 0.25) is 0 Å². The van der Waals surface area contributed by atoms with Crippen LogP contribution in [0.1, 0.15) is 5.56 Å². The van der Waals surface area contributed by atoms with Gasteiger partial charge in [-0.05, 0) is 12.1 Å². The van der Waals surface area contributed by atoms with Gasteiger partial charge in [0.25, 0.3) is 0 Å². The standard InChI is InChI=1S/C9H9N3O/c10-4-7-1-2-11-9(3-7)12-5-8(13)6-12/h1-3,8,13H,5-6H2. The molecule has 1 aliphatic heterocycles. The van der Waals surface area contributed by atoms with Gasteiger partial charge in [-0.25, -0.2) is 4.98 Å². The quantitative estimate of drug-likeness (QED) is 0.659. The average Bonchev–Trinajstić information content (AvgIpc) is 2.13. The van der Waals surface area contributed by atoms with Crippen molar-refractivity contribution < 1.29 is 5.11 Å². The predicted molar refractivity (Wildman–Crippen MR) is 47.2 cm³/mol. The molecule has 1 fully saturated rings. The highest BCUT2D eigenvalue weighted by molar-refractivity contribution is 5.47. The van der Waals surface area contributed by atoms with Gasteiger partial charge in [-0.3, -0.25) is 0 Å². The molecule has 2 heterocycles. The zero-order valence-corrected chi connectivity index (χ0v) is 7.01. The molecule has 0 spiro atoms. The van der Waals surface area contributed by atoms with Crippen molar-refractivity contribution in [3.8, 4) is 6.07 Å². The number of hydrogen-bond donors (Lipinski definition) is 1. The Kier molecular flexibility index (Phi) is 1.87. The fourth-order valence-corrected chi connectivity index (χ4v) is 1.30. The molecule has 4 nitrogen and oxygen atoms in total. The number of nitrogens with zero attached hydrogens (tertiary/aromatic N) is 3. The van der Waals surface area contributed by atoms with Gasteiger partial charge in [0.05, 0.1) is 17.7 Å². The first-order valence-corrected chi connectivity index (χ1v) is 4.09. The Hall–Kier alpha value is -1.60. The van der Waals surface area contributed by atoms with Crippen molar-refractivity contribution in [2.45, 2.75) is 6.10 Å². The largest absolute Gasteiger partial charge is 0.389 e. The van der Waals surface area contributed by atoms with Gasteiger partial charge in [-0.1, -0.05) is 0 Å². The fourth-order valence-electron chi connectivity index (χ4n) is 1.30. The van der Waals surface area contributed by atoms with Gasteiger partial charge in [0.15, 0.2) is 0 Å². The lowest BCUT2D eigenvalue weighted by molar-refractivity contribution is 0.141. The van der Waals surface area contributed by atoms with Crippen LogP contribution < -0.4 is 4.90 Å². The van der Waals surface area contributed by atoms with Gasteiger partial charge in [-0.2, -0.15) is 5.26 Å². The lowest BCUT2D eigenvalue weighted by atomic mass is 10.1. The van der Waals surface area contributed by atoms with Crippen molar-refractivity contribution in [2.24, 2.45) is 0 Å².